The smallest absolute Gasteiger partial charge is 0.271 e. The minimum absolute atomic E-state index is 0.0415. The number of amidine groups is 1. The quantitative estimate of drug-likeness (QED) is 0.626. The minimum Gasteiger partial charge on any atom is -0.504 e. The van der Waals surface area contributed by atoms with Crippen LogP contribution in [0.5, 0.6) is 11.5 Å². The van der Waals surface area contributed by atoms with E-state index in [-0.39, 0.29) is 11.7 Å². The molecule has 0 radical (unpaired) electrons. The van der Waals surface area contributed by atoms with E-state index in [1.807, 2.05) is 37.3 Å². The molecule has 4 rings (SSSR count). The van der Waals surface area contributed by atoms with E-state index in [9.17, 15) is 9.90 Å². The van der Waals surface area contributed by atoms with Crippen LogP contribution in [0.25, 0.3) is 6.08 Å². The number of thioether (sulfide) groups is 1. The number of benzene rings is 2. The van der Waals surface area contributed by atoms with E-state index in [0.717, 1.165) is 16.3 Å². The average molecular weight is 425 g/mol. The van der Waals surface area contributed by atoms with Crippen LogP contribution in [0.15, 0.2) is 58.4 Å². The zero-order chi connectivity index (χ0) is 20.4. The van der Waals surface area contributed by atoms with Gasteiger partial charge in [0.05, 0.1) is 17.7 Å². The van der Waals surface area contributed by atoms with Gasteiger partial charge in [0.15, 0.2) is 16.7 Å². The van der Waals surface area contributed by atoms with Crippen LogP contribution in [-0.2, 0) is 4.79 Å². The van der Waals surface area contributed by atoms with Crippen LogP contribution in [-0.4, -0.2) is 33.5 Å². The lowest BCUT2D eigenvalue weighted by Crippen LogP contribution is -2.28. The van der Waals surface area contributed by atoms with Gasteiger partial charge in [0.2, 0.25) is 5.13 Å². The number of aryl methyl sites for hydroxylation is 1. The second-order valence-electron chi connectivity index (χ2n) is 6.02. The summed E-state index contributed by atoms with van der Waals surface area (Å²) in [5.74, 6) is 0.195. The number of carbonyl (C=O) groups is 1. The molecule has 146 valence electrons. The summed E-state index contributed by atoms with van der Waals surface area (Å²) in [4.78, 5) is 19.8. The van der Waals surface area contributed by atoms with Gasteiger partial charge in [0, 0.05) is 0 Å². The van der Waals surface area contributed by atoms with E-state index in [1.165, 1.54) is 36.3 Å². The Morgan fingerprint density at radius 1 is 1.17 bits per heavy atom. The van der Waals surface area contributed by atoms with E-state index >= 15 is 0 Å². The Labute approximate surface area is 175 Å². The number of amides is 1. The van der Waals surface area contributed by atoms with E-state index in [2.05, 4.69) is 15.2 Å². The van der Waals surface area contributed by atoms with Crippen LogP contribution in [0, 0.1) is 6.92 Å². The molecular weight excluding hydrogens is 408 g/mol. The van der Waals surface area contributed by atoms with Crippen molar-refractivity contribution in [2.45, 2.75) is 6.92 Å². The molecule has 1 N–H and O–H groups in total. The predicted molar refractivity (Wildman–Crippen MR) is 116 cm³/mol. The number of methoxy groups -OCH3 is 1. The number of nitrogens with zero attached hydrogens (tertiary/aromatic N) is 4. The number of phenolic OH excluding ortho intramolecular Hbond substituents is 1. The van der Waals surface area contributed by atoms with E-state index in [1.54, 1.807) is 23.1 Å². The number of ether oxygens (including phenoxy) is 1. The summed E-state index contributed by atoms with van der Waals surface area (Å²) < 4.78 is 5.15. The molecular formula is C20H16N4O3S2. The minimum atomic E-state index is -0.187. The SMILES string of the molecule is COc1cc(/C=C2\S/C(=N/c3nnc(C)s3)N(c3ccccc3)C2=O)ccc1O. The standard InChI is InChI=1S/C20H16N4O3S2/c1-12-22-23-19(28-12)21-20-24(14-6-4-3-5-7-14)18(26)17(29-20)11-13-8-9-15(25)16(10-13)27-2/h3-11,25H,1-2H3/b17-11-,21-20+. The highest BCUT2D eigenvalue weighted by molar-refractivity contribution is 8.19. The molecule has 3 aromatic rings. The molecule has 1 aromatic heterocycles. The molecule has 29 heavy (non-hydrogen) atoms. The van der Waals surface area contributed by atoms with Crippen molar-refractivity contribution in [2.75, 3.05) is 12.0 Å². The van der Waals surface area contributed by atoms with E-state index < -0.39 is 0 Å². The molecule has 2 heterocycles. The van der Waals surface area contributed by atoms with Gasteiger partial charge in [-0.15, -0.1) is 10.2 Å². The summed E-state index contributed by atoms with van der Waals surface area (Å²) in [6.45, 7) is 1.85. The van der Waals surface area contributed by atoms with Gasteiger partial charge in [0.1, 0.15) is 5.01 Å². The van der Waals surface area contributed by atoms with Gasteiger partial charge >= 0.3 is 0 Å². The van der Waals surface area contributed by atoms with Crippen molar-refractivity contribution >= 4 is 51.1 Å². The Morgan fingerprint density at radius 3 is 2.66 bits per heavy atom. The number of hydrogen-bond donors (Lipinski definition) is 1. The fourth-order valence-electron chi connectivity index (χ4n) is 2.70. The molecule has 1 amide bonds. The zero-order valence-electron chi connectivity index (χ0n) is 15.6. The highest BCUT2D eigenvalue weighted by Gasteiger charge is 2.35. The third-order valence-corrected chi connectivity index (χ3v) is 5.73. The lowest BCUT2D eigenvalue weighted by Gasteiger charge is -2.14. The normalized spacial score (nSPS) is 16.8. The Balaban J connectivity index is 1.75. The number of aromatic nitrogens is 2. The number of aliphatic imine (C=N–C) groups is 1. The molecule has 0 atom stereocenters. The van der Waals surface area contributed by atoms with Crippen molar-refractivity contribution in [2.24, 2.45) is 4.99 Å². The third-order valence-electron chi connectivity index (χ3n) is 4.03. The molecule has 1 saturated heterocycles. The molecule has 0 unspecified atom stereocenters. The lowest BCUT2D eigenvalue weighted by atomic mass is 10.2. The lowest BCUT2D eigenvalue weighted by molar-refractivity contribution is -0.113. The van der Waals surface area contributed by atoms with Crippen molar-refractivity contribution in [1.29, 1.82) is 0 Å². The molecule has 9 heteroatoms. The molecule has 1 aliphatic heterocycles. The van der Waals surface area contributed by atoms with Crippen LogP contribution in [0.3, 0.4) is 0 Å². The first-order valence-electron chi connectivity index (χ1n) is 8.60. The maximum absolute atomic E-state index is 13.2. The maximum atomic E-state index is 13.2. The fourth-order valence-corrected chi connectivity index (χ4v) is 4.30. The summed E-state index contributed by atoms with van der Waals surface area (Å²) >= 11 is 2.62. The third kappa shape index (κ3) is 4.01. The number of carbonyl (C=O) groups excluding carboxylic acids is 1. The van der Waals surface area contributed by atoms with Gasteiger partial charge in [0.25, 0.3) is 5.91 Å². The Kier molecular flexibility index (Phi) is 5.32. The number of hydrogen-bond acceptors (Lipinski definition) is 8. The zero-order valence-corrected chi connectivity index (χ0v) is 17.2. The number of rotatable bonds is 4. The molecule has 1 fully saturated rings. The summed E-state index contributed by atoms with van der Waals surface area (Å²) in [6, 6.07) is 14.3. The number of phenols is 1. The van der Waals surface area contributed by atoms with Crippen molar-refractivity contribution in [3.05, 3.63) is 64.0 Å². The maximum Gasteiger partial charge on any atom is 0.271 e. The van der Waals surface area contributed by atoms with Crippen molar-refractivity contribution < 1.29 is 14.6 Å². The largest absolute Gasteiger partial charge is 0.504 e. The molecule has 7 nitrogen and oxygen atoms in total. The Bertz CT molecular complexity index is 1130. The monoisotopic (exact) mass is 424 g/mol. The van der Waals surface area contributed by atoms with Crippen molar-refractivity contribution in [3.8, 4) is 11.5 Å². The molecule has 2 aromatic carbocycles. The average Bonchev–Trinajstić information content (AvgIpc) is 3.27. The van der Waals surface area contributed by atoms with E-state index in [0.29, 0.717) is 21.0 Å². The van der Waals surface area contributed by atoms with Crippen molar-refractivity contribution in [1.82, 2.24) is 10.2 Å². The second kappa shape index (κ2) is 8.06. The summed E-state index contributed by atoms with van der Waals surface area (Å²) in [6.07, 6.45) is 1.75. The van der Waals surface area contributed by atoms with Crippen LogP contribution >= 0.6 is 23.1 Å². The first-order chi connectivity index (χ1) is 14.0. The van der Waals surface area contributed by atoms with Crippen LogP contribution in [0.4, 0.5) is 10.8 Å². The second-order valence-corrected chi connectivity index (χ2v) is 8.19. The first kappa shape index (κ1) is 19.2. The van der Waals surface area contributed by atoms with Crippen LogP contribution in [0.2, 0.25) is 0 Å². The Morgan fingerprint density at radius 2 is 1.97 bits per heavy atom. The van der Waals surface area contributed by atoms with Crippen LogP contribution in [0.1, 0.15) is 10.6 Å². The number of para-hydroxylation sites is 1. The van der Waals surface area contributed by atoms with Gasteiger partial charge in [-0.2, -0.15) is 4.99 Å². The molecule has 0 spiro atoms. The summed E-state index contributed by atoms with van der Waals surface area (Å²) in [7, 11) is 1.48. The summed E-state index contributed by atoms with van der Waals surface area (Å²) in [5.41, 5.74) is 1.45. The van der Waals surface area contributed by atoms with Gasteiger partial charge in [-0.1, -0.05) is 35.6 Å². The molecule has 0 bridgehead atoms. The highest BCUT2D eigenvalue weighted by atomic mass is 32.2. The van der Waals surface area contributed by atoms with Crippen LogP contribution < -0.4 is 9.64 Å². The number of anilines is 1. The topological polar surface area (TPSA) is 87.9 Å². The van der Waals surface area contributed by atoms with Gasteiger partial charge in [-0.3, -0.25) is 9.69 Å². The van der Waals surface area contributed by atoms with E-state index in [4.69, 9.17) is 4.74 Å². The first-order valence-corrected chi connectivity index (χ1v) is 10.2. The fraction of sp³-hybridized carbons (Fsp3) is 0.100. The van der Waals surface area contributed by atoms with Gasteiger partial charge in [-0.25, -0.2) is 0 Å². The molecule has 0 aliphatic carbocycles. The highest BCUT2D eigenvalue weighted by Crippen LogP contribution is 2.38. The number of aromatic hydroxyl groups is 1. The van der Waals surface area contributed by atoms with Crippen molar-refractivity contribution in [3.63, 3.8) is 0 Å². The Hall–Kier alpha value is -3.17. The summed E-state index contributed by atoms with van der Waals surface area (Å²) in [5, 5.41) is 19.6. The predicted octanol–water partition coefficient (Wildman–Crippen LogP) is 4.37. The van der Waals surface area contributed by atoms with Gasteiger partial charge in [-0.05, 0) is 54.6 Å². The van der Waals surface area contributed by atoms with Gasteiger partial charge < -0.3 is 9.84 Å². The molecule has 0 saturated carbocycles. The molecule has 1 aliphatic rings.